The van der Waals surface area contributed by atoms with Crippen molar-refractivity contribution in [2.75, 3.05) is 27.2 Å². The van der Waals surface area contributed by atoms with E-state index >= 15 is 0 Å². The summed E-state index contributed by atoms with van der Waals surface area (Å²) in [5.74, 6) is 0.681. The summed E-state index contributed by atoms with van der Waals surface area (Å²) in [6.45, 7) is 1.16. The minimum atomic E-state index is -0.236. The maximum Gasteiger partial charge on any atom is 0.144 e. The summed E-state index contributed by atoms with van der Waals surface area (Å²) in [6, 6.07) is 3.78. The van der Waals surface area contributed by atoms with E-state index in [9.17, 15) is 0 Å². The van der Waals surface area contributed by atoms with E-state index in [1.807, 2.05) is 26.2 Å². The maximum absolute atomic E-state index is 6.26. The molecule has 2 N–H and O–H groups in total. The first-order valence-electron chi connectivity index (χ1n) is 6.01. The number of hydrogen-bond acceptors (Lipinski definition) is 3. The SMILES string of the molecule is CN(C)C1(CN)CCCOc2c1ccc(Cl)c2Cl. The summed E-state index contributed by atoms with van der Waals surface area (Å²) in [6.07, 6.45) is 1.89. The Kier molecular flexibility index (Phi) is 4.07. The van der Waals surface area contributed by atoms with Gasteiger partial charge in [-0.3, -0.25) is 4.90 Å². The summed E-state index contributed by atoms with van der Waals surface area (Å²) >= 11 is 12.3. The number of nitrogens with zero attached hydrogens (tertiary/aromatic N) is 1. The Labute approximate surface area is 118 Å². The smallest absolute Gasteiger partial charge is 0.144 e. The molecule has 1 heterocycles. The maximum atomic E-state index is 6.26. The third-order valence-corrected chi connectivity index (χ3v) is 4.51. The summed E-state index contributed by atoms with van der Waals surface area (Å²) in [5.41, 5.74) is 6.83. The number of nitrogens with two attached hydrogens (primary N) is 1. The molecule has 0 saturated carbocycles. The number of likely N-dealkylation sites (N-methyl/N-ethyl adjacent to an activating group) is 1. The molecule has 18 heavy (non-hydrogen) atoms. The van der Waals surface area contributed by atoms with Crippen LogP contribution in [0.25, 0.3) is 0 Å². The number of fused-ring (bicyclic) bond motifs is 1. The molecule has 0 bridgehead atoms. The van der Waals surface area contributed by atoms with Gasteiger partial charge in [0.2, 0.25) is 0 Å². The first kappa shape index (κ1) is 13.9. The average Bonchev–Trinajstić information content (AvgIpc) is 2.54. The molecule has 0 aliphatic carbocycles. The number of hydrogen-bond donors (Lipinski definition) is 1. The van der Waals surface area contributed by atoms with Crippen LogP contribution in [0.4, 0.5) is 0 Å². The van der Waals surface area contributed by atoms with E-state index < -0.39 is 0 Å². The van der Waals surface area contributed by atoms with E-state index in [2.05, 4.69) is 4.90 Å². The van der Waals surface area contributed by atoms with Crippen molar-refractivity contribution in [3.8, 4) is 5.75 Å². The van der Waals surface area contributed by atoms with E-state index in [0.717, 1.165) is 18.4 Å². The van der Waals surface area contributed by atoms with Gasteiger partial charge in [0.25, 0.3) is 0 Å². The zero-order valence-corrected chi connectivity index (χ0v) is 12.2. The summed E-state index contributed by atoms with van der Waals surface area (Å²) < 4.78 is 5.77. The molecule has 0 saturated heterocycles. The van der Waals surface area contributed by atoms with E-state index in [4.69, 9.17) is 33.7 Å². The lowest BCUT2D eigenvalue weighted by Gasteiger charge is -2.39. The average molecular weight is 289 g/mol. The fourth-order valence-corrected chi connectivity index (χ4v) is 2.94. The van der Waals surface area contributed by atoms with Crippen molar-refractivity contribution in [2.24, 2.45) is 5.73 Å². The Morgan fingerprint density at radius 1 is 1.39 bits per heavy atom. The minimum absolute atomic E-state index is 0.236. The van der Waals surface area contributed by atoms with Crippen LogP contribution in [0.3, 0.4) is 0 Å². The van der Waals surface area contributed by atoms with Crippen LogP contribution >= 0.6 is 23.2 Å². The van der Waals surface area contributed by atoms with Gasteiger partial charge in [0.05, 0.1) is 17.2 Å². The highest BCUT2D eigenvalue weighted by atomic mass is 35.5. The highest BCUT2D eigenvalue weighted by Gasteiger charge is 2.38. The molecule has 0 aromatic heterocycles. The van der Waals surface area contributed by atoms with Gasteiger partial charge in [0.15, 0.2) is 0 Å². The molecule has 0 fully saturated rings. The second kappa shape index (κ2) is 5.25. The number of benzene rings is 1. The fourth-order valence-electron chi connectivity index (χ4n) is 2.57. The number of rotatable bonds is 2. The number of halogens is 2. The van der Waals surface area contributed by atoms with Gasteiger partial charge < -0.3 is 10.5 Å². The molecule has 0 radical (unpaired) electrons. The third-order valence-electron chi connectivity index (χ3n) is 3.73. The van der Waals surface area contributed by atoms with Crippen LogP contribution in [0.15, 0.2) is 12.1 Å². The minimum Gasteiger partial charge on any atom is -0.492 e. The quantitative estimate of drug-likeness (QED) is 0.910. The Morgan fingerprint density at radius 2 is 2.11 bits per heavy atom. The van der Waals surface area contributed by atoms with Crippen LogP contribution in [0.1, 0.15) is 18.4 Å². The van der Waals surface area contributed by atoms with Crippen LogP contribution in [-0.4, -0.2) is 32.1 Å². The van der Waals surface area contributed by atoms with E-state index in [1.165, 1.54) is 0 Å². The monoisotopic (exact) mass is 288 g/mol. The zero-order chi connectivity index (χ0) is 13.3. The lowest BCUT2D eigenvalue weighted by molar-refractivity contribution is 0.147. The van der Waals surface area contributed by atoms with Crippen LogP contribution in [0, 0.1) is 0 Å². The van der Waals surface area contributed by atoms with Crippen molar-refractivity contribution in [1.82, 2.24) is 4.90 Å². The van der Waals surface area contributed by atoms with Crippen molar-refractivity contribution in [1.29, 1.82) is 0 Å². The summed E-state index contributed by atoms with van der Waals surface area (Å²) in [5, 5.41) is 0.998. The standard InChI is InChI=1S/C13H18Cl2N2O/c1-17(2)13(8-16)6-3-7-18-12-9(13)4-5-10(14)11(12)15/h4-5H,3,6-8,16H2,1-2H3. The molecule has 1 unspecified atom stereocenters. The lowest BCUT2D eigenvalue weighted by atomic mass is 9.84. The highest BCUT2D eigenvalue weighted by Crippen LogP contribution is 2.45. The van der Waals surface area contributed by atoms with Crippen molar-refractivity contribution in [2.45, 2.75) is 18.4 Å². The molecule has 1 atom stereocenters. The molecule has 1 aromatic carbocycles. The van der Waals surface area contributed by atoms with Gasteiger partial charge in [-0.25, -0.2) is 0 Å². The van der Waals surface area contributed by atoms with Gasteiger partial charge in [-0.15, -0.1) is 0 Å². The van der Waals surface area contributed by atoms with Gasteiger partial charge >= 0.3 is 0 Å². The largest absolute Gasteiger partial charge is 0.492 e. The van der Waals surface area contributed by atoms with Crippen molar-refractivity contribution >= 4 is 23.2 Å². The van der Waals surface area contributed by atoms with E-state index in [0.29, 0.717) is 28.9 Å². The Hall–Kier alpha value is -0.480. The molecular weight excluding hydrogens is 271 g/mol. The second-order valence-electron chi connectivity index (χ2n) is 4.82. The second-order valence-corrected chi connectivity index (χ2v) is 5.61. The third kappa shape index (κ3) is 2.10. The summed E-state index contributed by atoms with van der Waals surface area (Å²) in [4.78, 5) is 2.14. The Bertz CT molecular complexity index is 451. The fraction of sp³-hybridized carbons (Fsp3) is 0.538. The molecule has 2 rings (SSSR count). The predicted octanol–water partition coefficient (Wildman–Crippen LogP) is 2.88. The molecule has 0 spiro atoms. The molecule has 1 aliphatic rings. The molecule has 1 aromatic rings. The summed E-state index contributed by atoms with van der Waals surface area (Å²) in [7, 11) is 4.06. The van der Waals surface area contributed by atoms with E-state index in [1.54, 1.807) is 0 Å². The van der Waals surface area contributed by atoms with Crippen molar-refractivity contribution in [3.05, 3.63) is 27.7 Å². The predicted molar refractivity (Wildman–Crippen MR) is 75.6 cm³/mol. The normalized spacial score (nSPS) is 23.4. The van der Waals surface area contributed by atoms with Gasteiger partial charge in [-0.1, -0.05) is 29.3 Å². The first-order chi connectivity index (χ1) is 8.53. The van der Waals surface area contributed by atoms with Gasteiger partial charge in [0.1, 0.15) is 10.8 Å². The first-order valence-corrected chi connectivity index (χ1v) is 6.77. The lowest BCUT2D eigenvalue weighted by Crippen LogP contribution is -2.47. The topological polar surface area (TPSA) is 38.5 Å². The zero-order valence-electron chi connectivity index (χ0n) is 10.7. The van der Waals surface area contributed by atoms with Crippen molar-refractivity contribution < 1.29 is 4.74 Å². The van der Waals surface area contributed by atoms with Crippen LogP contribution in [-0.2, 0) is 5.54 Å². The number of ether oxygens (including phenoxy) is 1. The molecule has 5 heteroatoms. The molecule has 0 amide bonds. The van der Waals surface area contributed by atoms with Gasteiger partial charge in [0, 0.05) is 12.1 Å². The molecule has 3 nitrogen and oxygen atoms in total. The van der Waals surface area contributed by atoms with Crippen LogP contribution in [0.5, 0.6) is 5.75 Å². The Balaban J connectivity index is 2.65. The van der Waals surface area contributed by atoms with Gasteiger partial charge in [-0.05, 0) is 33.0 Å². The van der Waals surface area contributed by atoms with E-state index in [-0.39, 0.29) is 5.54 Å². The van der Waals surface area contributed by atoms with Crippen LogP contribution < -0.4 is 10.5 Å². The van der Waals surface area contributed by atoms with Crippen LogP contribution in [0.2, 0.25) is 10.0 Å². The molecular formula is C13H18Cl2N2O. The van der Waals surface area contributed by atoms with Gasteiger partial charge in [-0.2, -0.15) is 0 Å². The highest BCUT2D eigenvalue weighted by molar-refractivity contribution is 6.43. The molecule has 100 valence electrons. The van der Waals surface area contributed by atoms with Crippen molar-refractivity contribution in [3.63, 3.8) is 0 Å². The Morgan fingerprint density at radius 3 is 2.72 bits per heavy atom. The molecule has 1 aliphatic heterocycles.